The highest BCUT2D eigenvalue weighted by molar-refractivity contribution is 5.85. The van der Waals surface area contributed by atoms with Gasteiger partial charge in [-0.1, -0.05) is 0 Å². The predicted octanol–water partition coefficient (Wildman–Crippen LogP) is 3.35. The van der Waals surface area contributed by atoms with E-state index >= 15 is 0 Å². The largest absolute Gasteiger partial charge is 0.416 e. The summed E-state index contributed by atoms with van der Waals surface area (Å²) in [6, 6.07) is 1.14. The number of halogens is 6. The minimum Gasteiger partial charge on any atom is -0.350 e. The summed E-state index contributed by atoms with van der Waals surface area (Å²) < 4.78 is 76.7. The Bertz CT molecular complexity index is 652. The average Bonchev–Trinajstić information content (AvgIpc) is 2.53. The van der Waals surface area contributed by atoms with Crippen LogP contribution >= 0.6 is 0 Å². The number of piperidine rings is 1. The number of carbonyl (C=O) groups excluding carboxylic acids is 2. The fourth-order valence-electron chi connectivity index (χ4n) is 2.58. The molecule has 0 aliphatic carbocycles. The van der Waals surface area contributed by atoms with Crippen LogP contribution in [0.1, 0.15) is 36.0 Å². The molecule has 0 unspecified atom stereocenters. The molecule has 1 aliphatic heterocycles. The van der Waals surface area contributed by atoms with E-state index in [0.717, 1.165) is 12.8 Å². The molecule has 0 aromatic heterocycles. The van der Waals surface area contributed by atoms with Crippen molar-refractivity contribution < 1.29 is 35.9 Å². The van der Waals surface area contributed by atoms with Crippen molar-refractivity contribution in [2.75, 3.05) is 13.1 Å². The highest BCUT2D eigenvalue weighted by Crippen LogP contribution is 2.36. The lowest BCUT2D eigenvalue weighted by molar-refractivity contribution is -0.143. The van der Waals surface area contributed by atoms with Crippen molar-refractivity contribution >= 4 is 11.8 Å². The third kappa shape index (κ3) is 5.37. The monoisotopic (exact) mass is 382 g/mol. The van der Waals surface area contributed by atoms with Crippen LogP contribution in [0.3, 0.4) is 0 Å². The molecule has 2 amide bonds. The van der Waals surface area contributed by atoms with Gasteiger partial charge in [0, 0.05) is 19.5 Å². The highest BCUT2D eigenvalue weighted by Gasteiger charge is 2.36. The van der Waals surface area contributed by atoms with Gasteiger partial charge in [-0.15, -0.1) is 0 Å². The maximum Gasteiger partial charge on any atom is 0.416 e. The van der Waals surface area contributed by atoms with Crippen molar-refractivity contribution in [3.63, 3.8) is 0 Å². The number of hydrogen-bond donors (Lipinski definition) is 1. The number of nitrogens with zero attached hydrogens (tertiary/aromatic N) is 1. The molecular weight excluding hydrogens is 366 g/mol. The number of hydrogen-bond acceptors (Lipinski definition) is 2. The molecule has 0 spiro atoms. The van der Waals surface area contributed by atoms with E-state index in [-0.39, 0.29) is 24.1 Å². The van der Waals surface area contributed by atoms with Gasteiger partial charge in [0.25, 0.3) is 0 Å². The molecule has 1 aromatic rings. The van der Waals surface area contributed by atoms with Crippen LogP contribution in [-0.4, -0.2) is 29.8 Å². The minimum atomic E-state index is -4.94. The Labute approximate surface area is 145 Å². The van der Waals surface area contributed by atoms with Gasteiger partial charge < -0.3 is 10.2 Å². The fourth-order valence-corrected chi connectivity index (χ4v) is 2.58. The zero-order valence-corrected chi connectivity index (χ0v) is 13.5. The van der Waals surface area contributed by atoms with Gasteiger partial charge >= 0.3 is 12.4 Å². The summed E-state index contributed by atoms with van der Waals surface area (Å²) in [7, 11) is 0. The lowest BCUT2D eigenvalue weighted by Crippen LogP contribution is -2.42. The Kier molecular flexibility index (Phi) is 5.82. The molecule has 1 heterocycles. The van der Waals surface area contributed by atoms with E-state index in [1.54, 1.807) is 0 Å². The van der Waals surface area contributed by atoms with Crippen molar-refractivity contribution in [1.29, 1.82) is 0 Å². The molecule has 1 N–H and O–H groups in total. The van der Waals surface area contributed by atoms with Gasteiger partial charge in [0.1, 0.15) is 0 Å². The van der Waals surface area contributed by atoms with Gasteiger partial charge in [-0.2, -0.15) is 26.3 Å². The van der Waals surface area contributed by atoms with Gasteiger partial charge in [-0.25, -0.2) is 0 Å². The van der Waals surface area contributed by atoms with Crippen LogP contribution in [0.2, 0.25) is 0 Å². The van der Waals surface area contributed by atoms with E-state index in [1.807, 2.05) is 0 Å². The maximum absolute atomic E-state index is 12.8. The Morgan fingerprint density at radius 2 is 1.58 bits per heavy atom. The topological polar surface area (TPSA) is 49.4 Å². The van der Waals surface area contributed by atoms with E-state index in [4.69, 9.17) is 0 Å². The third-order valence-electron chi connectivity index (χ3n) is 3.89. The second-order valence-corrected chi connectivity index (χ2v) is 5.96. The average molecular weight is 382 g/mol. The number of likely N-dealkylation sites (tertiary alicyclic amines) is 1. The van der Waals surface area contributed by atoms with E-state index in [9.17, 15) is 35.9 Å². The van der Waals surface area contributed by atoms with Crippen molar-refractivity contribution in [2.45, 2.75) is 38.2 Å². The smallest absolute Gasteiger partial charge is 0.350 e. The second-order valence-electron chi connectivity index (χ2n) is 5.96. The van der Waals surface area contributed by atoms with Crippen LogP contribution in [0.25, 0.3) is 0 Å². The molecule has 0 bridgehead atoms. The molecule has 1 aliphatic rings. The zero-order valence-electron chi connectivity index (χ0n) is 13.5. The summed E-state index contributed by atoms with van der Waals surface area (Å²) in [6.45, 7) is -0.383. The SMILES string of the molecule is O=C(CN1CCCCC1=O)NCc1cc(C(F)(F)F)cc(C(F)(F)F)c1. The van der Waals surface area contributed by atoms with Crippen molar-refractivity contribution in [3.05, 3.63) is 34.9 Å². The third-order valence-corrected chi connectivity index (χ3v) is 3.89. The Balaban J connectivity index is 2.08. The predicted molar refractivity (Wildman–Crippen MR) is 78.7 cm³/mol. The molecule has 2 rings (SSSR count). The van der Waals surface area contributed by atoms with Crippen molar-refractivity contribution in [3.8, 4) is 0 Å². The van der Waals surface area contributed by atoms with Crippen molar-refractivity contribution in [2.24, 2.45) is 0 Å². The lowest BCUT2D eigenvalue weighted by atomic mass is 10.0. The molecule has 0 atom stereocenters. The first-order chi connectivity index (χ1) is 12.0. The van der Waals surface area contributed by atoms with Crippen LogP contribution in [0.4, 0.5) is 26.3 Å². The van der Waals surface area contributed by atoms with Gasteiger partial charge in [-0.3, -0.25) is 9.59 Å². The quantitative estimate of drug-likeness (QED) is 0.812. The standard InChI is InChI=1S/C16H16F6N2O2/c17-15(18,19)11-5-10(6-12(7-11)16(20,21)22)8-23-13(25)9-24-4-2-1-3-14(24)26/h5-7H,1-4,8-9H2,(H,23,25). The lowest BCUT2D eigenvalue weighted by Gasteiger charge is -2.26. The van der Waals surface area contributed by atoms with E-state index in [1.165, 1.54) is 4.90 Å². The second kappa shape index (κ2) is 7.55. The van der Waals surface area contributed by atoms with Crippen LogP contribution in [-0.2, 0) is 28.5 Å². The molecular formula is C16H16F6N2O2. The van der Waals surface area contributed by atoms with Gasteiger partial charge in [0.05, 0.1) is 17.7 Å². The summed E-state index contributed by atoms with van der Waals surface area (Å²) in [5.74, 6) is -0.851. The Hall–Kier alpha value is -2.26. The van der Waals surface area contributed by atoms with E-state index in [2.05, 4.69) is 5.32 Å². The molecule has 0 radical (unpaired) electrons. The summed E-state index contributed by atoms with van der Waals surface area (Å²) in [4.78, 5) is 24.8. The summed E-state index contributed by atoms with van der Waals surface area (Å²) >= 11 is 0. The van der Waals surface area contributed by atoms with E-state index < -0.39 is 35.9 Å². The van der Waals surface area contributed by atoms with Crippen LogP contribution in [0.5, 0.6) is 0 Å². The van der Waals surface area contributed by atoms with E-state index in [0.29, 0.717) is 25.1 Å². The van der Waals surface area contributed by atoms with Gasteiger partial charge in [-0.05, 0) is 36.6 Å². The highest BCUT2D eigenvalue weighted by atomic mass is 19.4. The number of nitrogens with one attached hydrogen (secondary N) is 1. The first kappa shape index (κ1) is 20.1. The molecule has 26 heavy (non-hydrogen) atoms. The Morgan fingerprint density at radius 3 is 2.08 bits per heavy atom. The van der Waals surface area contributed by atoms with Crippen molar-refractivity contribution in [1.82, 2.24) is 10.2 Å². The summed E-state index contributed by atoms with van der Waals surface area (Å²) in [5.41, 5.74) is -3.21. The summed E-state index contributed by atoms with van der Waals surface area (Å²) in [5, 5.41) is 2.26. The molecule has 1 fully saturated rings. The number of amides is 2. The molecule has 4 nitrogen and oxygen atoms in total. The zero-order chi connectivity index (χ0) is 19.5. The number of alkyl halides is 6. The van der Waals surface area contributed by atoms with Crippen LogP contribution < -0.4 is 5.32 Å². The summed E-state index contributed by atoms with van der Waals surface area (Å²) in [6.07, 6.45) is -8.11. The Morgan fingerprint density at radius 1 is 1.00 bits per heavy atom. The van der Waals surface area contributed by atoms with Gasteiger partial charge in [0.2, 0.25) is 11.8 Å². The first-order valence-electron chi connectivity index (χ1n) is 7.79. The molecule has 10 heteroatoms. The van der Waals surface area contributed by atoms with Gasteiger partial charge in [0.15, 0.2) is 0 Å². The minimum absolute atomic E-state index is 0.0255. The molecule has 144 valence electrons. The fraction of sp³-hybridized carbons (Fsp3) is 0.500. The number of benzene rings is 1. The number of rotatable bonds is 4. The van der Waals surface area contributed by atoms with Crippen LogP contribution in [0, 0.1) is 0 Å². The molecule has 1 saturated heterocycles. The molecule has 1 aromatic carbocycles. The van der Waals surface area contributed by atoms with Crippen LogP contribution in [0.15, 0.2) is 18.2 Å². The first-order valence-corrected chi connectivity index (χ1v) is 7.79. The normalized spacial score (nSPS) is 15.9. The number of carbonyl (C=O) groups is 2. The molecule has 0 saturated carbocycles. The maximum atomic E-state index is 12.8.